The number of rotatable bonds is 3. The van der Waals surface area contributed by atoms with Crippen molar-refractivity contribution >= 4 is 33.3 Å². The van der Waals surface area contributed by atoms with Crippen LogP contribution in [0.3, 0.4) is 0 Å². The maximum Gasteiger partial charge on any atom is 0.252 e. The third-order valence-electron chi connectivity index (χ3n) is 3.36. The first-order valence-electron chi connectivity index (χ1n) is 6.56. The number of aromatic amines is 1. The summed E-state index contributed by atoms with van der Waals surface area (Å²) < 4.78 is 1.35. The number of benzene rings is 1. The number of hydrogen-bond acceptors (Lipinski definition) is 5. The Hall–Kier alpha value is -2.23. The van der Waals surface area contributed by atoms with Gasteiger partial charge in [0.05, 0.1) is 14.4 Å². The van der Waals surface area contributed by atoms with Gasteiger partial charge in [0.1, 0.15) is 17.4 Å². The van der Waals surface area contributed by atoms with Gasteiger partial charge in [0, 0.05) is 11.8 Å². The highest BCUT2D eigenvalue weighted by atomic mass is 32.2. The molecule has 1 aromatic carbocycles. The number of pyridine rings is 1. The first kappa shape index (κ1) is 14.7. The Balaban J connectivity index is 2.01. The van der Waals surface area contributed by atoms with Crippen LogP contribution in [0, 0.1) is 18.3 Å². The summed E-state index contributed by atoms with van der Waals surface area (Å²) in [6.45, 7) is 2.05. The van der Waals surface area contributed by atoms with Crippen LogP contribution in [0.1, 0.15) is 16.7 Å². The molecule has 0 radical (unpaired) electrons. The van der Waals surface area contributed by atoms with E-state index in [0.29, 0.717) is 15.8 Å². The van der Waals surface area contributed by atoms with E-state index in [1.807, 2.05) is 12.1 Å². The number of nitrogens with one attached hydrogen (secondary N) is 1. The number of fused-ring (bicyclic) bond motifs is 1. The fraction of sp³-hybridized carbons (Fsp3) is 0.125. The Morgan fingerprint density at radius 1 is 1.41 bits per heavy atom. The smallest absolute Gasteiger partial charge is 0.252 e. The maximum atomic E-state index is 11.5. The highest BCUT2D eigenvalue weighted by Crippen LogP contribution is 2.41. The van der Waals surface area contributed by atoms with Crippen molar-refractivity contribution in [3.05, 3.63) is 57.4 Å². The van der Waals surface area contributed by atoms with E-state index in [0.717, 1.165) is 16.0 Å². The van der Waals surface area contributed by atoms with Crippen molar-refractivity contribution in [1.82, 2.24) is 4.98 Å². The lowest BCUT2D eigenvalue weighted by Gasteiger charge is -2.03. The number of aromatic nitrogens is 1. The van der Waals surface area contributed by atoms with Crippen LogP contribution in [0.25, 0.3) is 10.2 Å². The van der Waals surface area contributed by atoms with Crippen LogP contribution in [0.15, 0.2) is 39.3 Å². The molecule has 110 valence electrons. The van der Waals surface area contributed by atoms with Gasteiger partial charge in [-0.3, -0.25) is 4.79 Å². The lowest BCUT2D eigenvalue weighted by Crippen LogP contribution is -2.02. The highest BCUT2D eigenvalue weighted by molar-refractivity contribution is 8.00. The second-order valence-corrected chi connectivity index (χ2v) is 7.08. The molecule has 0 amide bonds. The third-order valence-corrected chi connectivity index (χ3v) is 5.89. The molecular formula is C16H12N2O2S2. The van der Waals surface area contributed by atoms with Gasteiger partial charge in [-0.05, 0) is 18.1 Å². The Kier molecular flexibility index (Phi) is 3.92. The van der Waals surface area contributed by atoms with E-state index in [4.69, 9.17) is 0 Å². The lowest BCUT2D eigenvalue weighted by atomic mass is 10.1. The summed E-state index contributed by atoms with van der Waals surface area (Å²) in [5.41, 5.74) is 2.84. The summed E-state index contributed by atoms with van der Waals surface area (Å²) in [6.07, 6.45) is 0. The fourth-order valence-corrected chi connectivity index (χ4v) is 4.60. The van der Waals surface area contributed by atoms with Crippen molar-refractivity contribution in [2.24, 2.45) is 0 Å². The Morgan fingerprint density at radius 2 is 2.18 bits per heavy atom. The van der Waals surface area contributed by atoms with Gasteiger partial charge >= 0.3 is 0 Å². The van der Waals surface area contributed by atoms with Crippen molar-refractivity contribution < 1.29 is 5.11 Å². The average molecular weight is 328 g/mol. The number of aromatic hydroxyl groups is 1. The van der Waals surface area contributed by atoms with Crippen molar-refractivity contribution in [1.29, 1.82) is 5.26 Å². The molecule has 2 heterocycles. The lowest BCUT2D eigenvalue weighted by molar-refractivity contribution is 0.481. The summed E-state index contributed by atoms with van der Waals surface area (Å²) in [5, 5.41) is 19.3. The van der Waals surface area contributed by atoms with Gasteiger partial charge in [0.25, 0.3) is 5.56 Å². The summed E-state index contributed by atoms with van der Waals surface area (Å²) in [7, 11) is 0. The normalized spacial score (nSPS) is 10.7. The molecule has 0 atom stereocenters. The van der Waals surface area contributed by atoms with Crippen LogP contribution in [0.5, 0.6) is 5.75 Å². The van der Waals surface area contributed by atoms with Crippen LogP contribution < -0.4 is 5.56 Å². The van der Waals surface area contributed by atoms with Crippen LogP contribution in [-0.4, -0.2) is 10.1 Å². The molecule has 0 aliphatic carbocycles. The molecule has 0 bridgehead atoms. The Bertz CT molecular complexity index is 951. The number of aryl methyl sites for hydroxylation is 1. The molecular weight excluding hydrogens is 316 g/mol. The van der Waals surface area contributed by atoms with Crippen LogP contribution in [0.2, 0.25) is 0 Å². The first-order valence-corrected chi connectivity index (χ1v) is 8.36. The molecule has 2 aromatic heterocycles. The van der Waals surface area contributed by atoms with E-state index in [-0.39, 0.29) is 5.75 Å². The van der Waals surface area contributed by atoms with E-state index in [2.05, 4.69) is 30.1 Å². The van der Waals surface area contributed by atoms with Gasteiger partial charge < -0.3 is 10.1 Å². The number of H-pyrrole nitrogens is 1. The summed E-state index contributed by atoms with van der Waals surface area (Å²) in [4.78, 5) is 14.1. The van der Waals surface area contributed by atoms with Crippen molar-refractivity contribution in [2.45, 2.75) is 16.9 Å². The maximum absolute atomic E-state index is 11.5. The molecule has 0 spiro atoms. The van der Waals surface area contributed by atoms with E-state index in [9.17, 15) is 15.2 Å². The largest absolute Gasteiger partial charge is 0.506 e. The zero-order chi connectivity index (χ0) is 15.7. The molecule has 0 saturated heterocycles. The summed E-state index contributed by atoms with van der Waals surface area (Å²) in [5.74, 6) is 0.655. The quantitative estimate of drug-likeness (QED) is 0.718. The minimum Gasteiger partial charge on any atom is -0.506 e. The molecule has 2 N–H and O–H groups in total. The summed E-state index contributed by atoms with van der Waals surface area (Å²) >= 11 is 2.87. The molecule has 0 aliphatic rings. The van der Waals surface area contributed by atoms with E-state index in [1.165, 1.54) is 22.5 Å². The molecule has 3 rings (SSSR count). The highest BCUT2D eigenvalue weighted by Gasteiger charge is 2.16. The minimum absolute atomic E-state index is 0.0806. The van der Waals surface area contributed by atoms with Gasteiger partial charge in [0.15, 0.2) is 0 Å². The van der Waals surface area contributed by atoms with E-state index < -0.39 is 5.56 Å². The molecule has 22 heavy (non-hydrogen) atoms. The number of nitriles is 1. The number of thioether (sulfide) groups is 1. The number of nitrogens with zero attached hydrogens (tertiary/aromatic N) is 1. The Morgan fingerprint density at radius 3 is 2.91 bits per heavy atom. The first-order chi connectivity index (χ1) is 10.6. The zero-order valence-electron chi connectivity index (χ0n) is 11.7. The SMILES string of the molecule is Cc1ccccc1CSc1sc2c(O)cc(=O)[nH]c2c1C#N. The second-order valence-electron chi connectivity index (χ2n) is 4.81. The predicted molar refractivity (Wildman–Crippen MR) is 89.6 cm³/mol. The van der Waals surface area contributed by atoms with Crippen LogP contribution >= 0.6 is 23.1 Å². The van der Waals surface area contributed by atoms with E-state index >= 15 is 0 Å². The molecule has 0 fully saturated rings. The molecule has 4 nitrogen and oxygen atoms in total. The van der Waals surface area contributed by atoms with Gasteiger partial charge in [-0.1, -0.05) is 24.3 Å². The monoisotopic (exact) mass is 328 g/mol. The van der Waals surface area contributed by atoms with Crippen molar-refractivity contribution in [2.75, 3.05) is 0 Å². The van der Waals surface area contributed by atoms with Gasteiger partial charge in [0.2, 0.25) is 0 Å². The fourth-order valence-electron chi connectivity index (χ4n) is 2.18. The predicted octanol–water partition coefficient (Wildman–Crippen LogP) is 3.77. The topological polar surface area (TPSA) is 76.9 Å². The standard InChI is InChI=1S/C16H12N2O2S2/c1-9-4-2-3-5-10(9)8-21-16-11(7-17)14-15(22-16)12(19)6-13(20)18-14/h2-6H,8H2,1H3,(H2,18,19,20). The molecule has 3 aromatic rings. The van der Waals surface area contributed by atoms with Crippen molar-refractivity contribution in [3.8, 4) is 11.8 Å². The second kappa shape index (κ2) is 5.87. The zero-order valence-corrected chi connectivity index (χ0v) is 13.3. The minimum atomic E-state index is -0.408. The van der Waals surface area contributed by atoms with E-state index in [1.54, 1.807) is 11.8 Å². The molecule has 0 saturated carbocycles. The summed E-state index contributed by atoms with van der Waals surface area (Å²) in [6, 6.07) is 11.4. The van der Waals surface area contributed by atoms with Crippen molar-refractivity contribution in [3.63, 3.8) is 0 Å². The molecule has 0 aliphatic heterocycles. The van der Waals surface area contributed by atoms with Gasteiger partial charge in [-0.2, -0.15) is 5.26 Å². The van der Waals surface area contributed by atoms with Gasteiger partial charge in [-0.25, -0.2) is 0 Å². The molecule has 6 heteroatoms. The average Bonchev–Trinajstić information content (AvgIpc) is 2.84. The van der Waals surface area contributed by atoms with Crippen LogP contribution in [-0.2, 0) is 5.75 Å². The Labute approximate surface area is 135 Å². The van der Waals surface area contributed by atoms with Crippen LogP contribution in [0.4, 0.5) is 0 Å². The number of hydrogen-bond donors (Lipinski definition) is 2. The third kappa shape index (κ3) is 2.61. The number of thiophene rings is 1. The van der Waals surface area contributed by atoms with Gasteiger partial charge in [-0.15, -0.1) is 23.1 Å². The molecule has 0 unspecified atom stereocenters.